The standard InChI is InChI=1S/C18H29N3O4/c1-12(22)21(15-8-9-15)11-16-3-2-10-20(16)18(25)19-14-6-4-13(5-7-14)17(23)24/h13-16H,2-11H2,1H3,(H,19,25)(H,23,24). The highest BCUT2D eigenvalue weighted by Crippen LogP contribution is 2.30. The van der Waals surface area contributed by atoms with Gasteiger partial charge in [0, 0.05) is 32.1 Å². The van der Waals surface area contributed by atoms with Crippen molar-refractivity contribution in [3.05, 3.63) is 0 Å². The molecular formula is C18H29N3O4. The Morgan fingerprint density at radius 3 is 2.32 bits per heavy atom. The van der Waals surface area contributed by atoms with E-state index in [1.54, 1.807) is 6.92 Å². The summed E-state index contributed by atoms with van der Waals surface area (Å²) in [4.78, 5) is 39.3. The third kappa shape index (κ3) is 4.44. The molecule has 3 rings (SSSR count). The second kappa shape index (κ2) is 7.62. The van der Waals surface area contributed by atoms with Gasteiger partial charge in [-0.2, -0.15) is 0 Å². The molecule has 140 valence electrons. The molecular weight excluding hydrogens is 322 g/mol. The molecule has 0 aromatic heterocycles. The van der Waals surface area contributed by atoms with Gasteiger partial charge in [0.15, 0.2) is 0 Å². The van der Waals surface area contributed by atoms with Crippen molar-refractivity contribution in [3.8, 4) is 0 Å². The lowest BCUT2D eigenvalue weighted by Crippen LogP contribution is -2.51. The lowest BCUT2D eigenvalue weighted by Gasteiger charge is -2.33. The van der Waals surface area contributed by atoms with E-state index in [-0.39, 0.29) is 29.9 Å². The number of carbonyl (C=O) groups is 3. The molecule has 1 atom stereocenters. The van der Waals surface area contributed by atoms with Crippen molar-refractivity contribution in [2.24, 2.45) is 5.92 Å². The number of hydrogen-bond acceptors (Lipinski definition) is 3. The average molecular weight is 351 g/mol. The Bertz CT molecular complexity index is 526. The molecule has 1 heterocycles. The lowest BCUT2D eigenvalue weighted by molar-refractivity contribution is -0.142. The van der Waals surface area contributed by atoms with Gasteiger partial charge in [-0.3, -0.25) is 9.59 Å². The fraction of sp³-hybridized carbons (Fsp3) is 0.833. The SMILES string of the molecule is CC(=O)N(CC1CCCN1C(=O)NC1CCC(C(=O)O)CC1)C1CC1. The van der Waals surface area contributed by atoms with Crippen LogP contribution < -0.4 is 5.32 Å². The number of aliphatic carboxylic acids is 1. The summed E-state index contributed by atoms with van der Waals surface area (Å²) < 4.78 is 0. The first-order valence-electron chi connectivity index (χ1n) is 9.53. The van der Waals surface area contributed by atoms with E-state index in [0.29, 0.717) is 25.4 Å². The fourth-order valence-corrected chi connectivity index (χ4v) is 4.18. The van der Waals surface area contributed by atoms with E-state index in [1.165, 1.54) is 0 Å². The van der Waals surface area contributed by atoms with E-state index in [4.69, 9.17) is 5.11 Å². The van der Waals surface area contributed by atoms with Gasteiger partial charge in [0.25, 0.3) is 0 Å². The van der Waals surface area contributed by atoms with Crippen LogP contribution in [0.25, 0.3) is 0 Å². The van der Waals surface area contributed by atoms with E-state index in [9.17, 15) is 14.4 Å². The summed E-state index contributed by atoms with van der Waals surface area (Å²) in [5.41, 5.74) is 0. The fourth-order valence-electron chi connectivity index (χ4n) is 4.18. The maximum absolute atomic E-state index is 12.7. The number of carbonyl (C=O) groups excluding carboxylic acids is 2. The van der Waals surface area contributed by atoms with Gasteiger partial charge in [0.1, 0.15) is 0 Å². The zero-order valence-electron chi connectivity index (χ0n) is 14.9. The largest absolute Gasteiger partial charge is 0.481 e. The Labute approximate surface area is 148 Å². The molecule has 1 unspecified atom stereocenters. The van der Waals surface area contributed by atoms with Gasteiger partial charge in [0.05, 0.1) is 12.0 Å². The molecule has 0 bridgehead atoms. The predicted octanol–water partition coefficient (Wildman–Crippen LogP) is 1.81. The van der Waals surface area contributed by atoms with Crippen molar-refractivity contribution in [2.75, 3.05) is 13.1 Å². The number of nitrogens with one attached hydrogen (secondary N) is 1. The number of nitrogens with zero attached hydrogens (tertiary/aromatic N) is 2. The molecule has 25 heavy (non-hydrogen) atoms. The summed E-state index contributed by atoms with van der Waals surface area (Å²) in [7, 11) is 0. The number of amides is 3. The van der Waals surface area contributed by atoms with Crippen LogP contribution in [0.5, 0.6) is 0 Å². The summed E-state index contributed by atoms with van der Waals surface area (Å²) in [6.45, 7) is 2.98. The summed E-state index contributed by atoms with van der Waals surface area (Å²) in [5, 5.41) is 12.2. The Hall–Kier alpha value is -1.79. The van der Waals surface area contributed by atoms with Crippen LogP contribution in [0.2, 0.25) is 0 Å². The molecule has 0 radical (unpaired) electrons. The molecule has 0 spiro atoms. The number of carboxylic acids is 1. The van der Waals surface area contributed by atoms with Crippen LogP contribution in [0.3, 0.4) is 0 Å². The molecule has 7 heteroatoms. The minimum absolute atomic E-state index is 0.0550. The maximum Gasteiger partial charge on any atom is 0.317 e. The van der Waals surface area contributed by atoms with Crippen LogP contribution in [0, 0.1) is 5.92 Å². The summed E-state index contributed by atoms with van der Waals surface area (Å²) >= 11 is 0. The molecule has 7 nitrogen and oxygen atoms in total. The topological polar surface area (TPSA) is 90.0 Å². The molecule has 2 aliphatic carbocycles. The van der Waals surface area contributed by atoms with Crippen LogP contribution in [0.1, 0.15) is 58.3 Å². The van der Waals surface area contributed by atoms with E-state index < -0.39 is 5.97 Å². The molecule has 3 aliphatic rings. The normalized spacial score (nSPS) is 29.3. The monoisotopic (exact) mass is 351 g/mol. The predicted molar refractivity (Wildman–Crippen MR) is 92.1 cm³/mol. The van der Waals surface area contributed by atoms with E-state index in [1.807, 2.05) is 9.80 Å². The van der Waals surface area contributed by atoms with Gasteiger partial charge in [-0.15, -0.1) is 0 Å². The average Bonchev–Trinajstić information content (AvgIpc) is 3.30. The molecule has 0 aromatic rings. The van der Waals surface area contributed by atoms with Crippen LogP contribution in [0.4, 0.5) is 4.79 Å². The van der Waals surface area contributed by atoms with Crippen molar-refractivity contribution in [2.45, 2.75) is 76.4 Å². The zero-order valence-corrected chi connectivity index (χ0v) is 14.9. The summed E-state index contributed by atoms with van der Waals surface area (Å²) in [6, 6.07) is 0.478. The van der Waals surface area contributed by atoms with Crippen LogP contribution in [0.15, 0.2) is 0 Å². The molecule has 1 aliphatic heterocycles. The van der Waals surface area contributed by atoms with Crippen LogP contribution >= 0.6 is 0 Å². The van der Waals surface area contributed by atoms with Gasteiger partial charge in [-0.1, -0.05) is 0 Å². The minimum Gasteiger partial charge on any atom is -0.481 e. The van der Waals surface area contributed by atoms with Crippen molar-refractivity contribution in [1.29, 1.82) is 0 Å². The Balaban J connectivity index is 1.51. The van der Waals surface area contributed by atoms with Crippen LogP contribution in [-0.4, -0.2) is 64.0 Å². The van der Waals surface area contributed by atoms with E-state index >= 15 is 0 Å². The van der Waals surface area contributed by atoms with Gasteiger partial charge < -0.3 is 20.2 Å². The number of likely N-dealkylation sites (tertiary alicyclic amines) is 1. The van der Waals surface area contributed by atoms with E-state index in [2.05, 4.69) is 5.32 Å². The second-order valence-electron chi connectivity index (χ2n) is 7.73. The zero-order chi connectivity index (χ0) is 18.0. The smallest absolute Gasteiger partial charge is 0.317 e. The van der Waals surface area contributed by atoms with Crippen molar-refractivity contribution < 1.29 is 19.5 Å². The van der Waals surface area contributed by atoms with Gasteiger partial charge in [-0.25, -0.2) is 4.79 Å². The van der Waals surface area contributed by atoms with Crippen LogP contribution in [-0.2, 0) is 9.59 Å². The van der Waals surface area contributed by atoms with E-state index in [0.717, 1.165) is 45.1 Å². The van der Waals surface area contributed by atoms with Gasteiger partial charge >= 0.3 is 12.0 Å². The highest BCUT2D eigenvalue weighted by atomic mass is 16.4. The first-order chi connectivity index (χ1) is 12.0. The quantitative estimate of drug-likeness (QED) is 0.790. The molecule has 3 amide bonds. The highest BCUT2D eigenvalue weighted by Gasteiger charge is 2.37. The van der Waals surface area contributed by atoms with Gasteiger partial charge in [0.2, 0.25) is 5.91 Å². The highest BCUT2D eigenvalue weighted by molar-refractivity contribution is 5.76. The third-order valence-electron chi connectivity index (χ3n) is 5.84. The first kappa shape index (κ1) is 18.0. The molecule has 2 saturated carbocycles. The van der Waals surface area contributed by atoms with Crippen molar-refractivity contribution in [3.63, 3.8) is 0 Å². The maximum atomic E-state index is 12.7. The number of hydrogen-bond donors (Lipinski definition) is 2. The number of rotatable bonds is 5. The molecule has 2 N–H and O–H groups in total. The lowest BCUT2D eigenvalue weighted by atomic mass is 9.86. The summed E-state index contributed by atoms with van der Waals surface area (Å²) in [5.74, 6) is -0.897. The molecule has 1 saturated heterocycles. The number of carboxylic acid groups (broad SMARTS) is 1. The Kier molecular flexibility index (Phi) is 5.49. The first-order valence-corrected chi connectivity index (χ1v) is 9.53. The number of urea groups is 1. The minimum atomic E-state index is -0.728. The third-order valence-corrected chi connectivity index (χ3v) is 5.84. The molecule has 3 fully saturated rings. The molecule has 0 aromatic carbocycles. The van der Waals surface area contributed by atoms with Crippen molar-refractivity contribution >= 4 is 17.9 Å². The van der Waals surface area contributed by atoms with Gasteiger partial charge in [-0.05, 0) is 51.4 Å². The Morgan fingerprint density at radius 1 is 1.08 bits per heavy atom. The van der Waals surface area contributed by atoms with Crippen molar-refractivity contribution in [1.82, 2.24) is 15.1 Å². The Morgan fingerprint density at radius 2 is 1.76 bits per heavy atom. The summed E-state index contributed by atoms with van der Waals surface area (Å²) in [6.07, 6.45) is 6.77. The second-order valence-corrected chi connectivity index (χ2v) is 7.73.